The van der Waals surface area contributed by atoms with Gasteiger partial charge >= 0.3 is 5.97 Å². The van der Waals surface area contributed by atoms with E-state index in [1.54, 1.807) is 17.9 Å². The van der Waals surface area contributed by atoms with Crippen LogP contribution in [0, 0.1) is 0 Å². The standard InChI is InChI=1S/C17H16BrNO4/c1-11(22-17(21)14-6-7-15(18)23-14)16(20)19-9-8-12-4-2-3-5-13(12)10-19/h2-7,11H,8-10H2,1H3/t11-/m1/s1. The average molecular weight is 378 g/mol. The van der Waals surface area contributed by atoms with Crippen LogP contribution >= 0.6 is 15.9 Å². The molecule has 0 fully saturated rings. The fraction of sp³-hybridized carbons (Fsp3) is 0.294. The predicted molar refractivity (Wildman–Crippen MR) is 86.8 cm³/mol. The van der Waals surface area contributed by atoms with E-state index in [1.807, 2.05) is 18.2 Å². The molecule has 0 unspecified atom stereocenters. The number of hydrogen-bond donors (Lipinski definition) is 0. The summed E-state index contributed by atoms with van der Waals surface area (Å²) in [4.78, 5) is 26.2. The maximum atomic E-state index is 12.5. The molecule has 1 aromatic carbocycles. The second-order valence-corrected chi connectivity index (χ2v) is 6.21. The van der Waals surface area contributed by atoms with Crippen molar-refractivity contribution in [2.75, 3.05) is 6.54 Å². The van der Waals surface area contributed by atoms with Crippen LogP contribution in [0.4, 0.5) is 0 Å². The van der Waals surface area contributed by atoms with Crippen LogP contribution in [0.3, 0.4) is 0 Å². The first kappa shape index (κ1) is 15.8. The highest BCUT2D eigenvalue weighted by atomic mass is 79.9. The van der Waals surface area contributed by atoms with Crippen LogP contribution in [0.5, 0.6) is 0 Å². The van der Waals surface area contributed by atoms with Gasteiger partial charge in [-0.05, 0) is 52.5 Å². The predicted octanol–water partition coefficient (Wildman–Crippen LogP) is 3.17. The molecule has 0 bridgehead atoms. The number of benzene rings is 1. The molecule has 0 radical (unpaired) electrons. The van der Waals surface area contributed by atoms with Crippen LogP contribution in [0.1, 0.15) is 28.6 Å². The highest BCUT2D eigenvalue weighted by Gasteiger charge is 2.27. The summed E-state index contributed by atoms with van der Waals surface area (Å²) in [5, 5.41) is 0. The fourth-order valence-electron chi connectivity index (χ4n) is 2.63. The number of furan rings is 1. The zero-order chi connectivity index (χ0) is 16.4. The molecule has 0 saturated heterocycles. The molecule has 2 heterocycles. The number of amides is 1. The molecule has 1 aliphatic heterocycles. The Labute approximate surface area is 142 Å². The molecule has 6 heteroatoms. The zero-order valence-corrected chi connectivity index (χ0v) is 14.2. The van der Waals surface area contributed by atoms with Crippen molar-refractivity contribution in [3.05, 3.63) is 58.0 Å². The van der Waals surface area contributed by atoms with Gasteiger partial charge in [0.1, 0.15) is 0 Å². The van der Waals surface area contributed by atoms with Gasteiger partial charge in [-0.3, -0.25) is 4.79 Å². The third kappa shape index (κ3) is 3.47. The van der Waals surface area contributed by atoms with E-state index < -0.39 is 12.1 Å². The number of carbonyl (C=O) groups excluding carboxylic acids is 2. The van der Waals surface area contributed by atoms with Crippen molar-refractivity contribution in [1.29, 1.82) is 0 Å². The Kier molecular flexibility index (Phi) is 4.52. The third-order valence-electron chi connectivity index (χ3n) is 3.85. The maximum absolute atomic E-state index is 12.5. The smallest absolute Gasteiger partial charge is 0.375 e. The lowest BCUT2D eigenvalue weighted by atomic mass is 9.99. The topological polar surface area (TPSA) is 59.8 Å². The highest BCUT2D eigenvalue weighted by molar-refractivity contribution is 9.10. The first-order valence-corrected chi connectivity index (χ1v) is 8.16. The van der Waals surface area contributed by atoms with Gasteiger partial charge in [0.25, 0.3) is 5.91 Å². The number of halogens is 1. The molecule has 1 atom stereocenters. The Balaban J connectivity index is 1.63. The van der Waals surface area contributed by atoms with Crippen molar-refractivity contribution in [2.45, 2.75) is 26.0 Å². The second kappa shape index (κ2) is 6.58. The number of carbonyl (C=O) groups is 2. The van der Waals surface area contributed by atoms with Crippen LogP contribution < -0.4 is 0 Å². The number of ether oxygens (including phenoxy) is 1. The molecular weight excluding hydrogens is 362 g/mol. The van der Waals surface area contributed by atoms with Gasteiger partial charge in [-0.2, -0.15) is 0 Å². The third-order valence-corrected chi connectivity index (χ3v) is 4.27. The Morgan fingerprint density at radius 3 is 2.65 bits per heavy atom. The molecule has 5 nitrogen and oxygen atoms in total. The Hall–Kier alpha value is -2.08. The normalized spacial score (nSPS) is 15.0. The van der Waals surface area contributed by atoms with Crippen LogP contribution in [-0.4, -0.2) is 29.4 Å². The van der Waals surface area contributed by atoms with E-state index >= 15 is 0 Å². The molecule has 1 aromatic heterocycles. The Bertz CT molecular complexity index is 740. The largest absolute Gasteiger partial charge is 0.447 e. The average Bonchev–Trinajstić information content (AvgIpc) is 3.00. The molecule has 1 aliphatic rings. The molecular formula is C17H16BrNO4. The number of nitrogens with zero attached hydrogens (tertiary/aromatic N) is 1. The lowest BCUT2D eigenvalue weighted by Crippen LogP contribution is -2.42. The zero-order valence-electron chi connectivity index (χ0n) is 12.6. The number of rotatable bonds is 3. The minimum atomic E-state index is -0.850. The first-order valence-electron chi connectivity index (χ1n) is 7.36. The van der Waals surface area contributed by atoms with E-state index in [9.17, 15) is 9.59 Å². The van der Waals surface area contributed by atoms with Crippen molar-refractivity contribution in [3.63, 3.8) is 0 Å². The SMILES string of the molecule is C[C@@H](OC(=O)c1ccc(Br)o1)C(=O)N1CCc2ccccc2C1. The van der Waals surface area contributed by atoms with Gasteiger partial charge in [0.05, 0.1) is 0 Å². The summed E-state index contributed by atoms with van der Waals surface area (Å²) < 4.78 is 10.8. The van der Waals surface area contributed by atoms with E-state index in [-0.39, 0.29) is 11.7 Å². The van der Waals surface area contributed by atoms with Crippen LogP contribution in [0.15, 0.2) is 45.5 Å². The van der Waals surface area contributed by atoms with E-state index in [1.165, 1.54) is 11.6 Å². The van der Waals surface area contributed by atoms with E-state index in [0.29, 0.717) is 17.8 Å². The van der Waals surface area contributed by atoms with Crippen molar-refractivity contribution < 1.29 is 18.7 Å². The lowest BCUT2D eigenvalue weighted by Gasteiger charge is -2.30. The van der Waals surface area contributed by atoms with Gasteiger partial charge in [0, 0.05) is 13.1 Å². The summed E-state index contributed by atoms with van der Waals surface area (Å²) in [6, 6.07) is 11.2. The molecule has 0 aliphatic carbocycles. The van der Waals surface area contributed by atoms with Gasteiger partial charge in [-0.15, -0.1) is 0 Å². The summed E-state index contributed by atoms with van der Waals surface area (Å²) in [5.41, 5.74) is 2.40. The number of hydrogen-bond acceptors (Lipinski definition) is 4. The molecule has 3 rings (SSSR count). The number of esters is 1. The molecule has 0 spiro atoms. The minimum Gasteiger partial charge on any atom is -0.447 e. The van der Waals surface area contributed by atoms with Crippen molar-refractivity contribution in [2.24, 2.45) is 0 Å². The Morgan fingerprint density at radius 1 is 1.22 bits per heavy atom. The quantitative estimate of drug-likeness (QED) is 0.770. The lowest BCUT2D eigenvalue weighted by molar-refractivity contribution is -0.140. The maximum Gasteiger partial charge on any atom is 0.375 e. The Morgan fingerprint density at radius 2 is 1.96 bits per heavy atom. The van der Waals surface area contributed by atoms with Gasteiger partial charge in [-0.1, -0.05) is 24.3 Å². The van der Waals surface area contributed by atoms with Gasteiger partial charge in [-0.25, -0.2) is 4.79 Å². The van der Waals surface area contributed by atoms with Crippen molar-refractivity contribution in [3.8, 4) is 0 Å². The highest BCUT2D eigenvalue weighted by Crippen LogP contribution is 2.20. The van der Waals surface area contributed by atoms with Gasteiger partial charge in [0.15, 0.2) is 10.8 Å². The second-order valence-electron chi connectivity index (χ2n) is 5.43. The molecule has 1 amide bonds. The van der Waals surface area contributed by atoms with Gasteiger partial charge < -0.3 is 14.1 Å². The fourth-order valence-corrected chi connectivity index (χ4v) is 2.94. The van der Waals surface area contributed by atoms with Crippen LogP contribution in [0.2, 0.25) is 0 Å². The monoisotopic (exact) mass is 377 g/mol. The van der Waals surface area contributed by atoms with Crippen molar-refractivity contribution >= 4 is 27.8 Å². The van der Waals surface area contributed by atoms with Crippen LogP contribution in [0.25, 0.3) is 0 Å². The van der Waals surface area contributed by atoms with Crippen LogP contribution in [-0.2, 0) is 22.5 Å². The number of fused-ring (bicyclic) bond motifs is 1. The minimum absolute atomic E-state index is 0.0699. The molecule has 0 saturated carbocycles. The molecule has 2 aromatic rings. The summed E-state index contributed by atoms with van der Waals surface area (Å²) in [5.74, 6) is -0.770. The van der Waals surface area contributed by atoms with E-state index in [2.05, 4.69) is 22.0 Å². The summed E-state index contributed by atoms with van der Waals surface area (Å²) >= 11 is 3.12. The molecule has 120 valence electrons. The van der Waals surface area contributed by atoms with E-state index in [0.717, 1.165) is 12.0 Å². The summed E-state index contributed by atoms with van der Waals surface area (Å²) in [6.07, 6.45) is -0.0371. The molecule has 23 heavy (non-hydrogen) atoms. The van der Waals surface area contributed by atoms with Gasteiger partial charge in [0.2, 0.25) is 5.76 Å². The molecule has 0 N–H and O–H groups in total. The van der Waals surface area contributed by atoms with E-state index in [4.69, 9.17) is 9.15 Å². The summed E-state index contributed by atoms with van der Waals surface area (Å²) in [7, 11) is 0. The first-order chi connectivity index (χ1) is 11.0. The van der Waals surface area contributed by atoms with Crippen molar-refractivity contribution in [1.82, 2.24) is 4.90 Å². The summed E-state index contributed by atoms with van der Waals surface area (Å²) in [6.45, 7) is 2.76.